The van der Waals surface area contributed by atoms with E-state index in [1.54, 1.807) is 11.0 Å². The van der Waals surface area contributed by atoms with Crippen molar-refractivity contribution in [3.8, 4) is 0 Å². The molecule has 1 aliphatic rings. The smallest absolute Gasteiger partial charge is 0.288 e. The van der Waals surface area contributed by atoms with Gasteiger partial charge in [-0.1, -0.05) is 17.7 Å². The number of amides is 1. The number of anilines is 1. The molecular weight excluding hydrogens is 388 g/mol. The first-order valence-corrected chi connectivity index (χ1v) is 11.1. The Balaban J connectivity index is 1.61. The van der Waals surface area contributed by atoms with Crippen LogP contribution in [0.2, 0.25) is 0 Å². The second kappa shape index (κ2) is 8.51. The predicted molar refractivity (Wildman–Crippen MR) is 112 cm³/mol. The fourth-order valence-electron chi connectivity index (χ4n) is 3.51. The molecule has 0 aliphatic carbocycles. The summed E-state index contributed by atoms with van der Waals surface area (Å²) in [7, 11) is 0.393. The number of sulfonamides is 1. The second-order valence-corrected chi connectivity index (χ2v) is 9.58. The molecule has 8 heteroatoms. The molecule has 0 unspecified atom stereocenters. The zero-order valence-corrected chi connectivity index (χ0v) is 18.3. The van der Waals surface area contributed by atoms with Crippen molar-refractivity contribution in [1.29, 1.82) is 0 Å². The fourth-order valence-corrected chi connectivity index (χ4v) is 5.14. The molecule has 0 saturated carbocycles. The Morgan fingerprint density at radius 1 is 1.03 bits per heavy atom. The minimum atomic E-state index is -3.54. The van der Waals surface area contributed by atoms with Crippen LogP contribution in [-0.4, -0.2) is 63.8 Å². The molecule has 1 saturated heterocycles. The zero-order chi connectivity index (χ0) is 21.2. The molecule has 1 aliphatic heterocycles. The van der Waals surface area contributed by atoms with E-state index in [4.69, 9.17) is 0 Å². The quantitative estimate of drug-likeness (QED) is 0.686. The molecule has 0 N–H and O–H groups in total. The van der Waals surface area contributed by atoms with E-state index in [1.807, 2.05) is 74.1 Å². The van der Waals surface area contributed by atoms with E-state index in [9.17, 15) is 13.2 Å². The van der Waals surface area contributed by atoms with Crippen molar-refractivity contribution in [2.24, 2.45) is 0 Å². The van der Waals surface area contributed by atoms with Crippen LogP contribution in [0.25, 0.3) is 0 Å². The second-order valence-electron chi connectivity index (χ2n) is 7.68. The van der Waals surface area contributed by atoms with E-state index < -0.39 is 10.0 Å². The Bertz CT molecular complexity index is 979. The third-order valence-corrected chi connectivity index (χ3v) is 7.31. The maximum absolute atomic E-state index is 13.0. The van der Waals surface area contributed by atoms with Gasteiger partial charge in [0.25, 0.3) is 5.91 Å². The van der Waals surface area contributed by atoms with Gasteiger partial charge < -0.3 is 9.80 Å². The third kappa shape index (κ3) is 4.76. The van der Waals surface area contributed by atoms with Gasteiger partial charge in [0.05, 0.1) is 4.90 Å². The molecule has 0 radical (unpaired) electrons. The number of hydrogen-bond acceptors (Lipinski definition) is 4. The van der Waals surface area contributed by atoms with Crippen LogP contribution in [0.3, 0.4) is 0 Å². The van der Waals surface area contributed by atoms with Gasteiger partial charge in [-0.2, -0.15) is 8.87 Å². The van der Waals surface area contributed by atoms with Gasteiger partial charge in [0.2, 0.25) is 16.6 Å². The van der Waals surface area contributed by atoms with E-state index in [0.717, 1.165) is 16.8 Å². The fraction of sp³-hybridized carbons (Fsp3) is 0.429. The largest absolute Gasteiger partial charge is 0.377 e. The number of pyridine rings is 1. The Morgan fingerprint density at radius 3 is 2.21 bits per heavy atom. The molecule has 2 aromatic rings. The highest BCUT2D eigenvalue weighted by molar-refractivity contribution is 7.89. The Kier molecular flexibility index (Phi) is 6.24. The van der Waals surface area contributed by atoms with Gasteiger partial charge in [0.15, 0.2) is 12.4 Å². The Labute approximate surface area is 173 Å². The molecule has 156 valence electrons. The molecule has 3 rings (SSSR count). The van der Waals surface area contributed by atoms with Crippen molar-refractivity contribution in [2.75, 3.05) is 45.2 Å². The van der Waals surface area contributed by atoms with E-state index in [-0.39, 0.29) is 12.5 Å². The molecule has 2 heterocycles. The number of aryl methyl sites for hydroxylation is 2. The summed E-state index contributed by atoms with van der Waals surface area (Å²) in [6, 6.07) is 9.29. The number of piperazine rings is 1. The molecule has 1 aromatic carbocycles. The number of carbonyl (C=O) groups is 1. The lowest BCUT2D eigenvalue weighted by atomic mass is 10.2. The molecule has 0 bridgehead atoms. The Hall–Kier alpha value is -2.45. The monoisotopic (exact) mass is 417 g/mol. The predicted octanol–water partition coefficient (Wildman–Crippen LogP) is 1.19. The molecule has 0 atom stereocenters. The minimum Gasteiger partial charge on any atom is -0.377 e. The van der Waals surface area contributed by atoms with Gasteiger partial charge in [-0.05, 0) is 25.5 Å². The Morgan fingerprint density at radius 2 is 1.66 bits per heavy atom. The van der Waals surface area contributed by atoms with Gasteiger partial charge in [0.1, 0.15) is 0 Å². The topological polar surface area (TPSA) is 64.8 Å². The molecule has 1 aromatic heterocycles. The standard InChI is InChI=1S/C21H29N4O3S/c1-17-5-6-20(18(2)15-17)29(27,28)25-13-11-24(12-14-25)21(26)16-23-9-7-19(8-10-23)22(3)4/h5-10,15H,11-14,16H2,1-4H3/q+1. The maximum atomic E-state index is 13.0. The van der Waals surface area contributed by atoms with Gasteiger partial charge in [-0.3, -0.25) is 4.79 Å². The van der Waals surface area contributed by atoms with E-state index >= 15 is 0 Å². The molecular formula is C21H29N4O3S+. The number of hydrogen-bond donors (Lipinski definition) is 0. The average molecular weight is 418 g/mol. The van der Waals surface area contributed by atoms with Crippen LogP contribution in [-0.2, 0) is 21.4 Å². The number of benzene rings is 1. The van der Waals surface area contributed by atoms with Gasteiger partial charge in [-0.15, -0.1) is 0 Å². The van der Waals surface area contributed by atoms with Crippen molar-refractivity contribution in [2.45, 2.75) is 25.3 Å². The van der Waals surface area contributed by atoms with Crippen LogP contribution in [0.5, 0.6) is 0 Å². The van der Waals surface area contributed by atoms with Crippen LogP contribution in [0, 0.1) is 13.8 Å². The highest BCUT2D eigenvalue weighted by Crippen LogP contribution is 2.22. The summed E-state index contributed by atoms with van der Waals surface area (Å²) in [4.78, 5) is 16.7. The number of carbonyl (C=O) groups excluding carboxylic acids is 1. The van der Waals surface area contributed by atoms with Crippen LogP contribution in [0.4, 0.5) is 5.69 Å². The van der Waals surface area contributed by atoms with E-state index in [2.05, 4.69) is 0 Å². The van der Waals surface area contributed by atoms with Crippen molar-refractivity contribution in [3.63, 3.8) is 0 Å². The lowest BCUT2D eigenvalue weighted by molar-refractivity contribution is -0.685. The lowest BCUT2D eigenvalue weighted by Crippen LogP contribution is -2.53. The summed E-state index contributed by atoms with van der Waals surface area (Å²) >= 11 is 0. The third-order valence-electron chi connectivity index (χ3n) is 5.25. The normalized spacial score (nSPS) is 15.4. The van der Waals surface area contributed by atoms with Crippen LogP contribution in [0.1, 0.15) is 11.1 Å². The summed E-state index contributed by atoms with van der Waals surface area (Å²) in [5.74, 6) is -0.00355. The van der Waals surface area contributed by atoms with Crippen molar-refractivity contribution in [3.05, 3.63) is 53.9 Å². The first kappa shape index (κ1) is 21.3. The van der Waals surface area contributed by atoms with Crippen LogP contribution in [0.15, 0.2) is 47.6 Å². The molecule has 29 heavy (non-hydrogen) atoms. The summed E-state index contributed by atoms with van der Waals surface area (Å²) in [5, 5.41) is 0. The number of rotatable bonds is 5. The summed E-state index contributed by atoms with van der Waals surface area (Å²) in [6.07, 6.45) is 3.77. The van der Waals surface area contributed by atoms with E-state index in [1.165, 1.54) is 4.31 Å². The number of aromatic nitrogens is 1. The summed E-state index contributed by atoms with van der Waals surface area (Å²) in [6.45, 7) is 5.44. The zero-order valence-electron chi connectivity index (χ0n) is 17.5. The number of nitrogens with zero attached hydrogens (tertiary/aromatic N) is 4. The first-order valence-electron chi connectivity index (χ1n) is 9.70. The molecule has 0 spiro atoms. The summed E-state index contributed by atoms with van der Waals surface area (Å²) < 4.78 is 29.3. The van der Waals surface area contributed by atoms with Gasteiger partial charge in [-0.25, -0.2) is 8.42 Å². The first-order chi connectivity index (χ1) is 13.7. The molecule has 1 fully saturated rings. The van der Waals surface area contributed by atoms with E-state index in [0.29, 0.717) is 31.1 Å². The highest BCUT2D eigenvalue weighted by Gasteiger charge is 2.31. The molecule has 1 amide bonds. The van der Waals surface area contributed by atoms with Crippen molar-refractivity contribution >= 4 is 21.6 Å². The van der Waals surface area contributed by atoms with Crippen LogP contribution < -0.4 is 9.47 Å². The maximum Gasteiger partial charge on any atom is 0.288 e. The van der Waals surface area contributed by atoms with Gasteiger partial charge in [0, 0.05) is 58.1 Å². The minimum absolute atomic E-state index is 0.00355. The van der Waals surface area contributed by atoms with Crippen molar-refractivity contribution < 1.29 is 17.8 Å². The van der Waals surface area contributed by atoms with Crippen LogP contribution >= 0.6 is 0 Å². The molecule has 7 nitrogen and oxygen atoms in total. The summed E-state index contributed by atoms with van der Waals surface area (Å²) in [5.41, 5.74) is 2.85. The SMILES string of the molecule is Cc1ccc(S(=O)(=O)N2CCN(C(=O)C[n+]3ccc(N(C)C)cc3)CC2)c(C)c1. The van der Waals surface area contributed by atoms with Crippen molar-refractivity contribution in [1.82, 2.24) is 9.21 Å². The highest BCUT2D eigenvalue weighted by atomic mass is 32.2. The lowest BCUT2D eigenvalue weighted by Gasteiger charge is -2.33. The average Bonchev–Trinajstić information content (AvgIpc) is 2.68. The van der Waals surface area contributed by atoms with Gasteiger partial charge >= 0.3 is 0 Å².